The van der Waals surface area contributed by atoms with Crippen molar-refractivity contribution >= 4 is 16.7 Å². The maximum Gasteiger partial charge on any atom is 0.232 e. The molecule has 0 bridgehead atoms. The molecule has 0 radical (unpaired) electrons. The third kappa shape index (κ3) is 6.12. The van der Waals surface area contributed by atoms with Crippen LogP contribution in [0.15, 0.2) is 59.0 Å². The number of rotatable bonds is 9. The molecule has 3 aromatic rings. The summed E-state index contributed by atoms with van der Waals surface area (Å²) in [7, 11) is -1.34. The number of nitrogens with zero attached hydrogens (tertiary/aromatic N) is 1. The van der Waals surface area contributed by atoms with Gasteiger partial charge in [0.1, 0.15) is 11.5 Å². The number of hydrogen-bond donors (Lipinski definition) is 1. The summed E-state index contributed by atoms with van der Waals surface area (Å²) in [6, 6.07) is 18.0. The topological polar surface area (TPSA) is 72.2 Å². The van der Waals surface area contributed by atoms with Crippen LogP contribution >= 0.6 is 0 Å². The minimum atomic E-state index is -1.34. The number of benzene rings is 2. The highest BCUT2D eigenvalue weighted by molar-refractivity contribution is 7.84. The number of carbonyl (C=O) groups excluding carboxylic acids is 1. The van der Waals surface area contributed by atoms with Crippen molar-refractivity contribution in [1.82, 2.24) is 10.3 Å². The van der Waals surface area contributed by atoms with Gasteiger partial charge in [-0.25, -0.2) is 4.98 Å². The van der Waals surface area contributed by atoms with E-state index in [1.807, 2.05) is 61.5 Å². The van der Waals surface area contributed by atoms with E-state index in [1.54, 1.807) is 0 Å². The summed E-state index contributed by atoms with van der Waals surface area (Å²) in [4.78, 5) is 16.6. The molecular weight excluding hydrogens is 384 g/mol. The molecule has 0 aliphatic rings. The second kappa shape index (κ2) is 10.2. The van der Waals surface area contributed by atoms with Crippen molar-refractivity contribution in [2.24, 2.45) is 0 Å². The molecule has 1 N–H and O–H groups in total. The van der Waals surface area contributed by atoms with Gasteiger partial charge in [0, 0.05) is 22.9 Å². The van der Waals surface area contributed by atoms with Crippen LogP contribution in [0.4, 0.5) is 0 Å². The molecule has 1 amide bonds. The van der Waals surface area contributed by atoms with Crippen LogP contribution < -0.4 is 5.32 Å². The zero-order valence-corrected chi connectivity index (χ0v) is 17.6. The summed E-state index contributed by atoms with van der Waals surface area (Å²) in [6.45, 7) is 4.44. The molecule has 5 nitrogen and oxygen atoms in total. The third-order valence-corrected chi connectivity index (χ3v) is 5.85. The van der Waals surface area contributed by atoms with Crippen molar-refractivity contribution in [1.29, 1.82) is 0 Å². The van der Waals surface area contributed by atoms with E-state index in [0.29, 0.717) is 23.9 Å². The number of amides is 1. The molecule has 0 spiro atoms. The van der Waals surface area contributed by atoms with Gasteiger partial charge in [0.2, 0.25) is 11.8 Å². The predicted molar refractivity (Wildman–Crippen MR) is 116 cm³/mol. The van der Waals surface area contributed by atoms with Crippen molar-refractivity contribution in [3.8, 4) is 11.5 Å². The SMILES string of the molecule is CCc1ccc(-c2nc(C[S@@](=O)CC(=O)NCCc3ccccc3)c(C)o2)cc1. The van der Waals surface area contributed by atoms with Crippen molar-refractivity contribution in [3.63, 3.8) is 0 Å². The Morgan fingerprint density at radius 2 is 1.79 bits per heavy atom. The number of aromatic nitrogens is 1. The number of oxazole rings is 1. The van der Waals surface area contributed by atoms with E-state index in [4.69, 9.17) is 4.42 Å². The van der Waals surface area contributed by atoms with Crippen molar-refractivity contribution in [3.05, 3.63) is 77.2 Å². The summed E-state index contributed by atoms with van der Waals surface area (Å²) < 4.78 is 18.2. The minimum absolute atomic E-state index is 0.0401. The van der Waals surface area contributed by atoms with Crippen LogP contribution in [-0.2, 0) is 34.2 Å². The molecule has 0 saturated carbocycles. The minimum Gasteiger partial charge on any atom is -0.441 e. The normalized spacial score (nSPS) is 11.9. The first kappa shape index (κ1) is 21.0. The van der Waals surface area contributed by atoms with Gasteiger partial charge in [-0.2, -0.15) is 0 Å². The number of aryl methyl sites for hydroxylation is 2. The van der Waals surface area contributed by atoms with Crippen molar-refractivity contribution in [2.45, 2.75) is 32.4 Å². The van der Waals surface area contributed by atoms with Crippen LogP contribution in [0.2, 0.25) is 0 Å². The van der Waals surface area contributed by atoms with Crippen LogP contribution in [0.3, 0.4) is 0 Å². The van der Waals surface area contributed by atoms with Gasteiger partial charge in [0.15, 0.2) is 0 Å². The molecule has 0 saturated heterocycles. The summed E-state index contributed by atoms with van der Waals surface area (Å²) in [5, 5.41) is 2.83. The number of hydrogen-bond acceptors (Lipinski definition) is 4. The quantitative estimate of drug-likeness (QED) is 0.582. The zero-order chi connectivity index (χ0) is 20.6. The standard InChI is InChI=1S/C23H26N2O3S/c1-3-18-9-11-20(12-10-18)23-25-21(17(2)28-23)15-29(27)16-22(26)24-14-13-19-7-5-4-6-8-19/h4-12H,3,13-16H2,1-2H3,(H,24,26)/t29-/m1/s1. The van der Waals surface area contributed by atoms with E-state index in [2.05, 4.69) is 17.2 Å². The lowest BCUT2D eigenvalue weighted by Gasteiger charge is -2.05. The highest BCUT2D eigenvalue weighted by Gasteiger charge is 2.16. The molecule has 0 fully saturated rings. The van der Waals surface area contributed by atoms with E-state index in [9.17, 15) is 9.00 Å². The second-order valence-corrected chi connectivity index (χ2v) is 8.34. The molecule has 0 aliphatic carbocycles. The summed E-state index contributed by atoms with van der Waals surface area (Å²) in [5.74, 6) is 1.11. The smallest absolute Gasteiger partial charge is 0.232 e. The first-order valence-electron chi connectivity index (χ1n) is 9.76. The van der Waals surface area contributed by atoms with Crippen LogP contribution in [0.25, 0.3) is 11.5 Å². The third-order valence-electron chi connectivity index (χ3n) is 4.67. The Bertz CT molecular complexity index is 966. The number of nitrogens with one attached hydrogen (secondary N) is 1. The van der Waals surface area contributed by atoms with Gasteiger partial charge >= 0.3 is 0 Å². The lowest BCUT2D eigenvalue weighted by atomic mass is 10.1. The molecule has 3 rings (SSSR count). The van der Waals surface area contributed by atoms with Gasteiger partial charge < -0.3 is 9.73 Å². The van der Waals surface area contributed by atoms with Crippen molar-refractivity contribution in [2.75, 3.05) is 12.3 Å². The highest BCUT2D eigenvalue weighted by atomic mass is 32.2. The predicted octanol–water partition coefficient (Wildman–Crippen LogP) is 3.82. The van der Waals surface area contributed by atoms with E-state index in [1.165, 1.54) is 5.56 Å². The first-order chi connectivity index (χ1) is 14.0. The Morgan fingerprint density at radius 1 is 1.07 bits per heavy atom. The fourth-order valence-corrected chi connectivity index (χ4v) is 4.03. The Labute approximate surface area is 174 Å². The van der Waals surface area contributed by atoms with E-state index < -0.39 is 10.8 Å². The van der Waals surface area contributed by atoms with Crippen LogP contribution in [0, 0.1) is 6.92 Å². The maximum absolute atomic E-state index is 12.4. The lowest BCUT2D eigenvalue weighted by molar-refractivity contribution is -0.118. The average molecular weight is 411 g/mol. The monoisotopic (exact) mass is 410 g/mol. The molecule has 2 aromatic carbocycles. The van der Waals surface area contributed by atoms with E-state index in [-0.39, 0.29) is 17.4 Å². The molecule has 1 heterocycles. The molecular formula is C23H26N2O3S. The average Bonchev–Trinajstić information content (AvgIpc) is 3.09. The molecule has 1 aromatic heterocycles. The molecule has 0 unspecified atom stereocenters. The molecule has 152 valence electrons. The Balaban J connectivity index is 1.50. The van der Waals surface area contributed by atoms with Gasteiger partial charge in [0.05, 0.1) is 11.4 Å². The molecule has 1 atom stereocenters. The highest BCUT2D eigenvalue weighted by Crippen LogP contribution is 2.23. The summed E-state index contributed by atoms with van der Waals surface area (Å²) >= 11 is 0. The molecule has 0 aliphatic heterocycles. The summed E-state index contributed by atoms with van der Waals surface area (Å²) in [5.41, 5.74) is 3.93. The fraction of sp³-hybridized carbons (Fsp3) is 0.304. The lowest BCUT2D eigenvalue weighted by Crippen LogP contribution is -2.30. The van der Waals surface area contributed by atoms with Crippen molar-refractivity contribution < 1.29 is 13.4 Å². The maximum atomic E-state index is 12.4. The van der Waals surface area contributed by atoms with Gasteiger partial charge in [-0.15, -0.1) is 0 Å². The van der Waals surface area contributed by atoms with Crippen LogP contribution in [0.5, 0.6) is 0 Å². The largest absolute Gasteiger partial charge is 0.441 e. The fourth-order valence-electron chi connectivity index (χ4n) is 2.96. The Hall–Kier alpha value is -2.73. The Morgan fingerprint density at radius 3 is 2.48 bits per heavy atom. The molecule has 6 heteroatoms. The van der Waals surface area contributed by atoms with Crippen LogP contribution in [-0.4, -0.2) is 27.4 Å². The van der Waals surface area contributed by atoms with Crippen LogP contribution in [0.1, 0.15) is 29.5 Å². The second-order valence-electron chi connectivity index (χ2n) is 6.89. The van der Waals surface area contributed by atoms with E-state index in [0.717, 1.165) is 24.0 Å². The van der Waals surface area contributed by atoms with Gasteiger partial charge in [-0.1, -0.05) is 49.4 Å². The van der Waals surface area contributed by atoms with Gasteiger partial charge in [0.25, 0.3) is 0 Å². The molecule has 29 heavy (non-hydrogen) atoms. The first-order valence-corrected chi connectivity index (χ1v) is 11.2. The zero-order valence-electron chi connectivity index (χ0n) is 16.8. The Kier molecular flexibility index (Phi) is 7.36. The van der Waals surface area contributed by atoms with Gasteiger partial charge in [-0.05, 0) is 43.0 Å². The summed E-state index contributed by atoms with van der Waals surface area (Å²) in [6.07, 6.45) is 1.73. The number of carbonyl (C=O) groups is 1. The van der Waals surface area contributed by atoms with Gasteiger partial charge in [-0.3, -0.25) is 9.00 Å². The van der Waals surface area contributed by atoms with E-state index >= 15 is 0 Å².